The highest BCUT2D eigenvalue weighted by Gasteiger charge is 2.13. The maximum absolute atomic E-state index is 11.8. The summed E-state index contributed by atoms with van der Waals surface area (Å²) < 4.78 is 17.0. The van der Waals surface area contributed by atoms with Crippen molar-refractivity contribution >= 4 is 11.9 Å². The number of carbonyl (C=O) groups excluding carboxylic acids is 1. The quantitative estimate of drug-likeness (QED) is 0.651. The van der Waals surface area contributed by atoms with Crippen molar-refractivity contribution in [3.63, 3.8) is 0 Å². The summed E-state index contributed by atoms with van der Waals surface area (Å²) in [5.41, 5.74) is 1.93. The summed E-state index contributed by atoms with van der Waals surface area (Å²) in [7, 11) is 0. The number of nitrogens with zero attached hydrogens (tertiary/aromatic N) is 1. The van der Waals surface area contributed by atoms with Gasteiger partial charge in [-0.25, -0.2) is 0 Å². The van der Waals surface area contributed by atoms with Crippen LogP contribution in [0.1, 0.15) is 41.3 Å². The Balaban J connectivity index is 1.59. The van der Waals surface area contributed by atoms with Crippen LogP contribution in [0.5, 0.6) is 11.5 Å². The van der Waals surface area contributed by atoms with Gasteiger partial charge in [-0.2, -0.15) is 5.26 Å². The molecule has 0 saturated carbocycles. The van der Waals surface area contributed by atoms with Crippen LogP contribution < -0.4 is 4.74 Å². The fourth-order valence-corrected chi connectivity index (χ4v) is 2.96. The van der Waals surface area contributed by atoms with Gasteiger partial charge in [0.05, 0.1) is 29.9 Å². The van der Waals surface area contributed by atoms with Gasteiger partial charge in [-0.05, 0) is 55.7 Å². The highest BCUT2D eigenvalue weighted by molar-refractivity contribution is 5.97. The number of benzene rings is 2. The first-order chi connectivity index (χ1) is 13.7. The molecule has 0 aliphatic carbocycles. The first kappa shape index (κ1) is 19.8. The Labute approximate surface area is 165 Å². The fraction of sp³-hybridized carbons (Fsp3) is 0.304. The van der Waals surface area contributed by atoms with Crippen molar-refractivity contribution < 1.29 is 19.0 Å². The molecule has 28 heavy (non-hydrogen) atoms. The van der Waals surface area contributed by atoms with Gasteiger partial charge >= 0.3 is 0 Å². The molecule has 2 aromatic rings. The fourth-order valence-electron chi connectivity index (χ4n) is 2.96. The summed E-state index contributed by atoms with van der Waals surface area (Å²) in [6, 6.07) is 14.4. The van der Waals surface area contributed by atoms with Crippen molar-refractivity contribution in [1.82, 2.24) is 0 Å². The molecular weight excluding hydrogens is 354 g/mol. The molecule has 1 heterocycles. The lowest BCUT2D eigenvalue weighted by Crippen LogP contribution is -2.23. The predicted octanol–water partition coefficient (Wildman–Crippen LogP) is 4.76. The second-order valence-electron chi connectivity index (χ2n) is 6.60. The third-order valence-corrected chi connectivity index (χ3v) is 4.50. The average molecular weight is 377 g/mol. The molecule has 1 saturated heterocycles. The van der Waals surface area contributed by atoms with E-state index in [0.29, 0.717) is 29.2 Å². The van der Waals surface area contributed by atoms with Crippen LogP contribution in [0.4, 0.5) is 0 Å². The molecule has 0 unspecified atom stereocenters. The lowest BCUT2D eigenvalue weighted by atomic mass is 10.1. The number of ketones is 1. The standard InChI is InChI=1S/C23H23NO4/c1-17(25)22-9-6-19(16-24)15-23(22)28-21-7-4-18(5-8-21)3-2-12-27-20-10-13-26-14-11-20/h2-9,15,20H,10-14H2,1H3. The zero-order valence-electron chi connectivity index (χ0n) is 15.9. The molecular formula is C23H23NO4. The van der Waals surface area contributed by atoms with Crippen molar-refractivity contribution in [1.29, 1.82) is 5.26 Å². The maximum atomic E-state index is 11.8. The molecule has 0 bridgehead atoms. The van der Waals surface area contributed by atoms with E-state index in [0.717, 1.165) is 31.6 Å². The number of Topliss-reactive ketones (excluding diaryl/α,β-unsaturated/α-hetero) is 1. The van der Waals surface area contributed by atoms with Gasteiger partial charge in [0.1, 0.15) is 11.5 Å². The molecule has 0 atom stereocenters. The Hall–Kier alpha value is -2.94. The normalized spacial score (nSPS) is 14.7. The molecule has 144 valence electrons. The van der Waals surface area contributed by atoms with E-state index >= 15 is 0 Å². The van der Waals surface area contributed by atoms with E-state index in [1.165, 1.54) is 6.92 Å². The molecule has 0 spiro atoms. The average Bonchev–Trinajstić information content (AvgIpc) is 2.73. The van der Waals surface area contributed by atoms with Gasteiger partial charge in [-0.15, -0.1) is 0 Å². The van der Waals surface area contributed by atoms with E-state index in [1.807, 2.05) is 36.4 Å². The number of rotatable bonds is 7. The SMILES string of the molecule is CC(=O)c1ccc(C#N)cc1Oc1ccc(C=CCOC2CCOCC2)cc1. The minimum absolute atomic E-state index is 0.108. The molecule has 5 heteroatoms. The largest absolute Gasteiger partial charge is 0.457 e. The molecule has 0 N–H and O–H groups in total. The van der Waals surface area contributed by atoms with Gasteiger partial charge in [-0.1, -0.05) is 24.3 Å². The lowest BCUT2D eigenvalue weighted by Gasteiger charge is -2.21. The first-order valence-corrected chi connectivity index (χ1v) is 9.34. The van der Waals surface area contributed by atoms with Crippen LogP contribution in [0.15, 0.2) is 48.5 Å². The zero-order valence-corrected chi connectivity index (χ0v) is 15.9. The molecule has 0 radical (unpaired) electrons. The molecule has 2 aromatic carbocycles. The first-order valence-electron chi connectivity index (χ1n) is 9.34. The van der Waals surface area contributed by atoms with Crippen LogP contribution in [0.25, 0.3) is 6.08 Å². The monoisotopic (exact) mass is 377 g/mol. The van der Waals surface area contributed by atoms with Crippen LogP contribution in [0.3, 0.4) is 0 Å². The van der Waals surface area contributed by atoms with Gasteiger partial charge in [-0.3, -0.25) is 4.79 Å². The smallest absolute Gasteiger partial charge is 0.163 e. The van der Waals surface area contributed by atoms with Crippen LogP contribution >= 0.6 is 0 Å². The maximum Gasteiger partial charge on any atom is 0.163 e. The molecule has 1 aliphatic heterocycles. The molecule has 1 aliphatic rings. The predicted molar refractivity (Wildman–Crippen MR) is 107 cm³/mol. The van der Waals surface area contributed by atoms with Gasteiger partial charge in [0.25, 0.3) is 0 Å². The molecule has 0 amide bonds. The summed E-state index contributed by atoms with van der Waals surface area (Å²) in [5, 5.41) is 9.07. The Morgan fingerprint density at radius 2 is 1.96 bits per heavy atom. The Morgan fingerprint density at radius 3 is 2.64 bits per heavy atom. The molecule has 5 nitrogen and oxygen atoms in total. The Kier molecular flexibility index (Phi) is 6.96. The van der Waals surface area contributed by atoms with Crippen molar-refractivity contribution in [2.75, 3.05) is 19.8 Å². The van der Waals surface area contributed by atoms with Gasteiger partial charge < -0.3 is 14.2 Å². The minimum Gasteiger partial charge on any atom is -0.457 e. The van der Waals surface area contributed by atoms with Gasteiger partial charge in [0.15, 0.2) is 5.78 Å². The highest BCUT2D eigenvalue weighted by Crippen LogP contribution is 2.27. The van der Waals surface area contributed by atoms with Gasteiger partial charge in [0, 0.05) is 13.2 Å². The molecule has 3 rings (SSSR count). The zero-order chi connectivity index (χ0) is 19.8. The second-order valence-corrected chi connectivity index (χ2v) is 6.60. The van der Waals surface area contributed by atoms with Crippen LogP contribution in [0.2, 0.25) is 0 Å². The number of hydrogen-bond acceptors (Lipinski definition) is 5. The second kappa shape index (κ2) is 9.84. The van der Waals surface area contributed by atoms with Gasteiger partial charge in [0.2, 0.25) is 0 Å². The van der Waals surface area contributed by atoms with Crippen LogP contribution in [0, 0.1) is 11.3 Å². The Morgan fingerprint density at radius 1 is 1.21 bits per heavy atom. The van der Waals surface area contributed by atoms with E-state index in [4.69, 9.17) is 19.5 Å². The molecule has 1 fully saturated rings. The Bertz CT molecular complexity index is 874. The highest BCUT2D eigenvalue weighted by atomic mass is 16.5. The lowest BCUT2D eigenvalue weighted by molar-refractivity contribution is -0.0220. The van der Waals surface area contributed by atoms with E-state index in [2.05, 4.69) is 6.07 Å². The summed E-state index contributed by atoms with van der Waals surface area (Å²) in [5.74, 6) is 0.886. The van der Waals surface area contributed by atoms with E-state index in [-0.39, 0.29) is 11.9 Å². The third-order valence-electron chi connectivity index (χ3n) is 4.50. The molecule has 0 aromatic heterocycles. The summed E-state index contributed by atoms with van der Waals surface area (Å²) >= 11 is 0. The minimum atomic E-state index is -0.108. The number of hydrogen-bond donors (Lipinski definition) is 0. The summed E-state index contributed by atoms with van der Waals surface area (Å²) in [6.45, 7) is 3.60. The van der Waals surface area contributed by atoms with E-state index in [1.54, 1.807) is 18.2 Å². The number of carbonyl (C=O) groups is 1. The van der Waals surface area contributed by atoms with Crippen molar-refractivity contribution in [3.8, 4) is 17.6 Å². The number of nitriles is 1. The van der Waals surface area contributed by atoms with Crippen molar-refractivity contribution in [2.24, 2.45) is 0 Å². The van der Waals surface area contributed by atoms with Crippen molar-refractivity contribution in [2.45, 2.75) is 25.9 Å². The van der Waals surface area contributed by atoms with Crippen LogP contribution in [-0.4, -0.2) is 31.7 Å². The topological polar surface area (TPSA) is 68.6 Å². The van der Waals surface area contributed by atoms with Crippen LogP contribution in [-0.2, 0) is 9.47 Å². The number of ether oxygens (including phenoxy) is 3. The third kappa shape index (κ3) is 5.53. The summed E-state index contributed by atoms with van der Waals surface area (Å²) in [6.07, 6.45) is 6.19. The van der Waals surface area contributed by atoms with E-state index < -0.39 is 0 Å². The van der Waals surface area contributed by atoms with E-state index in [9.17, 15) is 4.79 Å². The van der Waals surface area contributed by atoms with Crippen molar-refractivity contribution in [3.05, 3.63) is 65.2 Å². The summed E-state index contributed by atoms with van der Waals surface area (Å²) in [4.78, 5) is 11.8.